The largest absolute Gasteiger partial charge is 0.450 e. The number of benzene rings is 2. The van der Waals surface area contributed by atoms with Gasteiger partial charge in [-0.05, 0) is 56.2 Å². The molecule has 0 radical (unpaired) electrons. The molecule has 1 atom stereocenters. The van der Waals surface area contributed by atoms with E-state index in [1.165, 1.54) is 0 Å². The third-order valence-electron chi connectivity index (χ3n) is 6.81. The second-order valence-electron chi connectivity index (χ2n) is 9.19. The van der Waals surface area contributed by atoms with Gasteiger partial charge in [0, 0.05) is 44.8 Å². The number of carbonyl (C=O) groups is 4. The number of anilines is 2. The van der Waals surface area contributed by atoms with Crippen LogP contribution in [0.5, 0.6) is 0 Å². The van der Waals surface area contributed by atoms with Crippen LogP contribution < -0.4 is 10.2 Å². The van der Waals surface area contributed by atoms with E-state index in [0.717, 1.165) is 16.8 Å². The van der Waals surface area contributed by atoms with E-state index in [4.69, 9.17) is 4.74 Å². The van der Waals surface area contributed by atoms with E-state index in [-0.39, 0.29) is 30.2 Å². The Balaban J connectivity index is 1.41. The van der Waals surface area contributed by atoms with Crippen LogP contribution in [0.1, 0.15) is 34.8 Å². The molecule has 0 aromatic heterocycles. The molecule has 0 spiro atoms. The number of piperazine rings is 1. The van der Waals surface area contributed by atoms with Crippen molar-refractivity contribution < 1.29 is 23.9 Å². The molecule has 0 aliphatic carbocycles. The van der Waals surface area contributed by atoms with Crippen LogP contribution in [0.15, 0.2) is 42.5 Å². The molecule has 36 heavy (non-hydrogen) atoms. The first-order valence-electron chi connectivity index (χ1n) is 12.3. The minimum atomic E-state index is -0.518. The maximum atomic E-state index is 13.3. The second kappa shape index (κ2) is 10.8. The Morgan fingerprint density at radius 2 is 1.67 bits per heavy atom. The van der Waals surface area contributed by atoms with Gasteiger partial charge in [-0.25, -0.2) is 4.79 Å². The average molecular weight is 493 g/mol. The fourth-order valence-corrected chi connectivity index (χ4v) is 4.52. The minimum absolute atomic E-state index is 0.0952. The van der Waals surface area contributed by atoms with Crippen molar-refractivity contribution in [2.45, 2.75) is 27.2 Å². The standard InChI is InChI=1S/C27H32N4O5/c1-4-36-27(35)30-13-11-29(12-14-30)26(34)22-7-5-6-8-23(22)28-25(33)20-16-24(32)31(17-20)21-10-9-18(2)19(3)15-21/h5-10,15,20H,4,11-14,16-17H2,1-3H3,(H,28,33). The van der Waals surface area contributed by atoms with Crippen molar-refractivity contribution in [1.82, 2.24) is 9.80 Å². The first-order valence-corrected chi connectivity index (χ1v) is 12.3. The first kappa shape index (κ1) is 25.2. The third-order valence-corrected chi connectivity index (χ3v) is 6.81. The normalized spacial score (nSPS) is 17.8. The summed E-state index contributed by atoms with van der Waals surface area (Å²) in [6.07, 6.45) is -0.261. The first-order chi connectivity index (χ1) is 17.3. The summed E-state index contributed by atoms with van der Waals surface area (Å²) in [4.78, 5) is 55.9. The van der Waals surface area contributed by atoms with Crippen molar-refractivity contribution in [3.05, 3.63) is 59.2 Å². The smallest absolute Gasteiger partial charge is 0.409 e. The number of amides is 4. The molecule has 0 saturated carbocycles. The van der Waals surface area contributed by atoms with Crippen molar-refractivity contribution in [2.75, 3.05) is 49.5 Å². The fourth-order valence-electron chi connectivity index (χ4n) is 4.52. The van der Waals surface area contributed by atoms with Gasteiger partial charge in [0.25, 0.3) is 5.91 Å². The van der Waals surface area contributed by atoms with Crippen LogP contribution in [0.2, 0.25) is 0 Å². The van der Waals surface area contributed by atoms with Gasteiger partial charge >= 0.3 is 6.09 Å². The van der Waals surface area contributed by atoms with Gasteiger partial charge in [0.1, 0.15) is 0 Å². The van der Waals surface area contributed by atoms with Crippen molar-refractivity contribution in [2.24, 2.45) is 5.92 Å². The monoisotopic (exact) mass is 492 g/mol. The molecule has 190 valence electrons. The zero-order chi connectivity index (χ0) is 25.8. The lowest BCUT2D eigenvalue weighted by atomic mass is 10.1. The highest BCUT2D eigenvalue weighted by Crippen LogP contribution is 2.28. The molecule has 9 heteroatoms. The van der Waals surface area contributed by atoms with Gasteiger partial charge in [-0.3, -0.25) is 14.4 Å². The Morgan fingerprint density at radius 1 is 0.972 bits per heavy atom. The summed E-state index contributed by atoms with van der Waals surface area (Å²) in [7, 11) is 0. The molecule has 4 amide bonds. The number of para-hydroxylation sites is 1. The van der Waals surface area contributed by atoms with Gasteiger partial charge in [0.2, 0.25) is 11.8 Å². The average Bonchev–Trinajstić information content (AvgIpc) is 3.27. The molecule has 9 nitrogen and oxygen atoms in total. The van der Waals surface area contributed by atoms with Crippen molar-refractivity contribution in [3.63, 3.8) is 0 Å². The summed E-state index contributed by atoms with van der Waals surface area (Å²) in [5.74, 6) is -1.12. The molecule has 4 rings (SSSR count). The molecule has 2 aliphatic rings. The van der Waals surface area contributed by atoms with Crippen LogP contribution in [-0.4, -0.2) is 72.9 Å². The molecule has 2 saturated heterocycles. The van der Waals surface area contributed by atoms with Gasteiger partial charge in [0.15, 0.2) is 0 Å². The number of aryl methyl sites for hydroxylation is 2. The Bertz CT molecular complexity index is 1170. The van der Waals surface area contributed by atoms with Gasteiger partial charge in [-0.15, -0.1) is 0 Å². The molecule has 1 unspecified atom stereocenters. The Kier molecular flexibility index (Phi) is 7.57. The molecule has 1 N–H and O–H groups in total. The van der Waals surface area contributed by atoms with E-state index in [0.29, 0.717) is 50.6 Å². The number of nitrogens with zero attached hydrogens (tertiary/aromatic N) is 3. The van der Waals surface area contributed by atoms with Crippen molar-refractivity contribution in [3.8, 4) is 0 Å². The molecule has 2 aromatic carbocycles. The second-order valence-corrected chi connectivity index (χ2v) is 9.19. The predicted molar refractivity (Wildman–Crippen MR) is 136 cm³/mol. The molecule has 2 fully saturated rings. The molecule has 2 heterocycles. The van der Waals surface area contributed by atoms with Gasteiger partial charge in [0.05, 0.1) is 23.8 Å². The lowest BCUT2D eigenvalue weighted by Gasteiger charge is -2.34. The number of nitrogens with one attached hydrogen (secondary N) is 1. The predicted octanol–water partition coefficient (Wildman–Crippen LogP) is 3.21. The number of carbonyl (C=O) groups excluding carboxylic acids is 4. The van der Waals surface area contributed by atoms with E-state index in [1.54, 1.807) is 45.9 Å². The Labute approximate surface area is 211 Å². The van der Waals surface area contributed by atoms with Crippen LogP contribution in [0.3, 0.4) is 0 Å². The summed E-state index contributed by atoms with van der Waals surface area (Å²) >= 11 is 0. The van der Waals surface area contributed by atoms with E-state index < -0.39 is 5.92 Å². The SMILES string of the molecule is CCOC(=O)N1CCN(C(=O)c2ccccc2NC(=O)C2CC(=O)N(c3ccc(C)c(C)c3)C2)CC1. The highest BCUT2D eigenvalue weighted by molar-refractivity contribution is 6.07. The molecular weight excluding hydrogens is 460 g/mol. The van der Waals surface area contributed by atoms with Gasteiger partial charge in [-0.1, -0.05) is 18.2 Å². The molecule has 2 aliphatic heterocycles. The number of rotatable bonds is 5. The van der Waals surface area contributed by atoms with E-state index in [1.807, 2.05) is 32.0 Å². The van der Waals surface area contributed by atoms with E-state index in [9.17, 15) is 19.2 Å². The highest BCUT2D eigenvalue weighted by Gasteiger charge is 2.36. The van der Waals surface area contributed by atoms with Crippen LogP contribution in [0.25, 0.3) is 0 Å². The molecule has 0 bridgehead atoms. The fraction of sp³-hybridized carbons (Fsp3) is 0.407. The molecular formula is C27H32N4O5. The third kappa shape index (κ3) is 5.35. The highest BCUT2D eigenvalue weighted by atomic mass is 16.6. The Morgan fingerprint density at radius 3 is 2.36 bits per heavy atom. The van der Waals surface area contributed by atoms with Crippen molar-refractivity contribution in [1.29, 1.82) is 0 Å². The van der Waals surface area contributed by atoms with Crippen LogP contribution in [-0.2, 0) is 14.3 Å². The quantitative estimate of drug-likeness (QED) is 0.691. The topological polar surface area (TPSA) is 99.3 Å². The number of ether oxygens (including phenoxy) is 1. The maximum Gasteiger partial charge on any atom is 0.409 e. The summed E-state index contributed by atoms with van der Waals surface area (Å²) in [6.45, 7) is 7.89. The van der Waals surface area contributed by atoms with Gasteiger partial charge < -0.3 is 24.8 Å². The minimum Gasteiger partial charge on any atom is -0.450 e. The van der Waals surface area contributed by atoms with Gasteiger partial charge in [-0.2, -0.15) is 0 Å². The lowest BCUT2D eigenvalue weighted by molar-refractivity contribution is -0.122. The van der Waals surface area contributed by atoms with E-state index in [2.05, 4.69) is 5.32 Å². The molecule has 2 aromatic rings. The van der Waals surface area contributed by atoms with E-state index >= 15 is 0 Å². The summed E-state index contributed by atoms with van der Waals surface area (Å²) in [5.41, 5.74) is 3.81. The van der Waals surface area contributed by atoms with Crippen LogP contribution >= 0.6 is 0 Å². The van der Waals surface area contributed by atoms with Crippen LogP contribution in [0, 0.1) is 19.8 Å². The van der Waals surface area contributed by atoms with Crippen molar-refractivity contribution >= 4 is 35.2 Å². The lowest BCUT2D eigenvalue weighted by Crippen LogP contribution is -2.50. The maximum absolute atomic E-state index is 13.3. The number of hydrogen-bond donors (Lipinski definition) is 1. The zero-order valence-electron chi connectivity index (χ0n) is 21.0. The van der Waals surface area contributed by atoms with Crippen LogP contribution in [0.4, 0.5) is 16.2 Å². The summed E-state index contributed by atoms with van der Waals surface area (Å²) in [5, 5.41) is 2.88. The summed E-state index contributed by atoms with van der Waals surface area (Å²) in [6, 6.07) is 12.7. The summed E-state index contributed by atoms with van der Waals surface area (Å²) < 4.78 is 5.04. The number of hydrogen-bond acceptors (Lipinski definition) is 5. The Hall–Kier alpha value is -3.88. The zero-order valence-corrected chi connectivity index (χ0v) is 21.0.